The Bertz CT molecular complexity index is 1130. The first kappa shape index (κ1) is 19.1. The van der Waals surface area contributed by atoms with Gasteiger partial charge in [0.1, 0.15) is 4.90 Å². The van der Waals surface area contributed by atoms with E-state index in [1.807, 2.05) is 36.9 Å². The van der Waals surface area contributed by atoms with Gasteiger partial charge in [0.25, 0.3) is 15.9 Å². The molecule has 1 aliphatic rings. The summed E-state index contributed by atoms with van der Waals surface area (Å²) in [6, 6.07) is 7.27. The molecule has 0 amide bonds. The van der Waals surface area contributed by atoms with E-state index in [9.17, 15) is 8.42 Å². The van der Waals surface area contributed by atoms with Gasteiger partial charge in [-0.1, -0.05) is 0 Å². The number of hydrogen-bond donors (Lipinski definition) is 1. The maximum atomic E-state index is 13.3. The molecule has 0 saturated heterocycles. The van der Waals surface area contributed by atoms with Crippen LogP contribution in [0.5, 0.6) is 0 Å². The van der Waals surface area contributed by atoms with E-state index in [2.05, 4.69) is 14.9 Å². The fourth-order valence-electron chi connectivity index (χ4n) is 3.19. The highest BCUT2D eigenvalue weighted by molar-refractivity contribution is 7.98. The molecule has 9 heteroatoms. The predicted octanol–water partition coefficient (Wildman–Crippen LogP) is 4.09. The predicted molar refractivity (Wildman–Crippen MR) is 109 cm³/mol. The summed E-state index contributed by atoms with van der Waals surface area (Å²) < 4.78 is 36.9. The molecule has 7 nitrogen and oxygen atoms in total. The van der Waals surface area contributed by atoms with Gasteiger partial charge in [0.2, 0.25) is 5.89 Å². The first-order valence-electron chi connectivity index (χ1n) is 8.98. The molecule has 0 radical (unpaired) electrons. The van der Waals surface area contributed by atoms with Crippen molar-refractivity contribution in [3.63, 3.8) is 0 Å². The quantitative estimate of drug-likeness (QED) is 0.606. The first-order valence-corrected chi connectivity index (χ1v) is 11.7. The fourth-order valence-corrected chi connectivity index (χ4v) is 5.18. The number of hydrogen-bond acceptors (Lipinski definition) is 6. The zero-order valence-electron chi connectivity index (χ0n) is 16.2. The normalized spacial score (nSPS) is 14.4. The molecule has 0 bridgehead atoms. The molecule has 148 valence electrons. The topological polar surface area (TPSA) is 90.0 Å². The Kier molecular flexibility index (Phi) is 4.75. The minimum Gasteiger partial charge on any atom is -0.420 e. The Morgan fingerprint density at radius 3 is 2.43 bits per heavy atom. The van der Waals surface area contributed by atoms with Crippen molar-refractivity contribution >= 4 is 27.5 Å². The zero-order chi connectivity index (χ0) is 20.1. The second-order valence-corrected chi connectivity index (χ2v) is 9.49. The van der Waals surface area contributed by atoms with Crippen molar-refractivity contribution in [2.75, 3.05) is 11.0 Å². The second kappa shape index (κ2) is 6.97. The maximum Gasteiger partial charge on any atom is 0.264 e. The highest BCUT2D eigenvalue weighted by Gasteiger charge is 2.33. The molecule has 28 heavy (non-hydrogen) atoms. The average Bonchev–Trinajstić information content (AvgIpc) is 3.36. The van der Waals surface area contributed by atoms with Gasteiger partial charge in [0.15, 0.2) is 0 Å². The molecular formula is C19H22N4O3S2. The molecule has 1 saturated carbocycles. The van der Waals surface area contributed by atoms with Crippen LogP contribution >= 0.6 is 11.8 Å². The number of thioether (sulfide) groups is 1. The summed E-state index contributed by atoms with van der Waals surface area (Å²) >= 11 is 1.60. The number of sulfonamides is 1. The maximum absolute atomic E-state index is 13.3. The lowest BCUT2D eigenvalue weighted by molar-refractivity contribution is 0.507. The smallest absolute Gasteiger partial charge is 0.264 e. The minimum atomic E-state index is -3.84. The van der Waals surface area contributed by atoms with E-state index in [1.54, 1.807) is 30.8 Å². The molecule has 0 atom stereocenters. The van der Waals surface area contributed by atoms with E-state index >= 15 is 0 Å². The first-order chi connectivity index (χ1) is 13.3. The van der Waals surface area contributed by atoms with E-state index < -0.39 is 10.0 Å². The molecule has 1 aromatic carbocycles. The summed E-state index contributed by atoms with van der Waals surface area (Å²) in [7, 11) is -2.01. The minimum absolute atomic E-state index is 0.174. The van der Waals surface area contributed by atoms with Crippen molar-refractivity contribution in [3.05, 3.63) is 41.5 Å². The van der Waals surface area contributed by atoms with Crippen LogP contribution in [0.2, 0.25) is 0 Å². The van der Waals surface area contributed by atoms with Crippen molar-refractivity contribution in [3.8, 4) is 11.5 Å². The highest BCUT2D eigenvalue weighted by Crippen LogP contribution is 2.41. The number of aromatic nitrogens is 3. The SMILES string of the molecule is CSc1ccc(NS(=O)(=O)c2c(-c3nnc(C4CC4)o3)c(C)n(C)c2C)cc1. The second-order valence-electron chi connectivity index (χ2n) is 6.99. The van der Waals surface area contributed by atoms with Gasteiger partial charge < -0.3 is 8.98 Å². The Morgan fingerprint density at radius 1 is 1.14 bits per heavy atom. The number of rotatable bonds is 6. The molecule has 0 spiro atoms. The third-order valence-electron chi connectivity index (χ3n) is 5.12. The molecule has 2 aromatic heterocycles. The monoisotopic (exact) mass is 418 g/mol. The highest BCUT2D eigenvalue weighted by atomic mass is 32.2. The van der Waals surface area contributed by atoms with Crippen molar-refractivity contribution in [1.82, 2.24) is 14.8 Å². The Hall–Kier alpha value is -2.26. The van der Waals surface area contributed by atoms with Gasteiger partial charge in [-0.3, -0.25) is 4.72 Å². The summed E-state index contributed by atoms with van der Waals surface area (Å²) in [5.74, 6) is 1.14. The van der Waals surface area contributed by atoms with E-state index in [4.69, 9.17) is 4.42 Å². The molecule has 1 N–H and O–H groups in total. The van der Waals surface area contributed by atoms with Crippen LogP contribution in [0.4, 0.5) is 5.69 Å². The lowest BCUT2D eigenvalue weighted by Crippen LogP contribution is -2.14. The molecule has 0 aliphatic heterocycles. The Labute approximate surface area is 168 Å². The van der Waals surface area contributed by atoms with Crippen LogP contribution in [0.1, 0.15) is 36.0 Å². The fraction of sp³-hybridized carbons (Fsp3) is 0.368. The van der Waals surface area contributed by atoms with Gasteiger partial charge >= 0.3 is 0 Å². The Balaban J connectivity index is 1.77. The van der Waals surface area contributed by atoms with Crippen LogP contribution in [-0.2, 0) is 17.1 Å². The van der Waals surface area contributed by atoms with Gasteiger partial charge in [0.05, 0.1) is 5.56 Å². The molecule has 1 fully saturated rings. The molecular weight excluding hydrogens is 396 g/mol. The van der Waals surface area contributed by atoms with Crippen LogP contribution in [0, 0.1) is 13.8 Å². The van der Waals surface area contributed by atoms with Crippen LogP contribution in [0.25, 0.3) is 11.5 Å². The largest absolute Gasteiger partial charge is 0.420 e. The van der Waals surface area contributed by atoms with Gasteiger partial charge in [0, 0.05) is 34.9 Å². The standard InChI is InChI=1S/C19H22N4O3S2/c1-11-16(19-21-20-18(26-19)13-5-6-13)17(12(2)23(11)3)28(24,25)22-14-7-9-15(27-4)10-8-14/h7-10,13,22H,5-6H2,1-4H3. The number of anilines is 1. The third kappa shape index (κ3) is 3.33. The van der Waals surface area contributed by atoms with Crippen LogP contribution in [0.3, 0.4) is 0 Å². The summed E-state index contributed by atoms with van der Waals surface area (Å²) in [4.78, 5) is 1.24. The van der Waals surface area contributed by atoms with Gasteiger partial charge in [-0.2, -0.15) is 0 Å². The van der Waals surface area contributed by atoms with Crippen molar-refractivity contribution < 1.29 is 12.8 Å². The summed E-state index contributed by atoms with van der Waals surface area (Å²) in [5, 5.41) is 8.26. The van der Waals surface area contributed by atoms with Crippen LogP contribution in [0.15, 0.2) is 38.5 Å². The molecule has 4 rings (SSSR count). The van der Waals surface area contributed by atoms with E-state index in [1.165, 1.54) is 0 Å². The summed E-state index contributed by atoms with van der Waals surface area (Å²) in [5.41, 5.74) is 2.36. The van der Waals surface area contributed by atoms with Crippen molar-refractivity contribution in [2.24, 2.45) is 7.05 Å². The number of nitrogens with one attached hydrogen (secondary N) is 1. The van der Waals surface area contributed by atoms with Gasteiger partial charge in [-0.15, -0.1) is 22.0 Å². The molecule has 2 heterocycles. The van der Waals surface area contributed by atoms with Gasteiger partial charge in [-0.05, 0) is 57.2 Å². The molecule has 3 aromatic rings. The molecule has 0 unspecified atom stereocenters. The molecule has 1 aliphatic carbocycles. The number of nitrogens with zero attached hydrogens (tertiary/aromatic N) is 3. The number of benzene rings is 1. The lowest BCUT2D eigenvalue weighted by atomic mass is 10.2. The van der Waals surface area contributed by atoms with Crippen LogP contribution < -0.4 is 4.72 Å². The third-order valence-corrected chi connectivity index (χ3v) is 7.40. The summed E-state index contributed by atoms with van der Waals surface area (Å²) in [6.45, 7) is 3.63. The van der Waals surface area contributed by atoms with E-state index in [0.29, 0.717) is 28.8 Å². The van der Waals surface area contributed by atoms with Crippen molar-refractivity contribution in [2.45, 2.75) is 42.4 Å². The van der Waals surface area contributed by atoms with Crippen molar-refractivity contribution in [1.29, 1.82) is 0 Å². The average molecular weight is 419 g/mol. The van der Waals surface area contributed by atoms with Crippen LogP contribution in [-0.4, -0.2) is 29.4 Å². The summed E-state index contributed by atoms with van der Waals surface area (Å²) in [6.07, 6.45) is 4.04. The van der Waals surface area contributed by atoms with E-state index in [0.717, 1.165) is 23.4 Å². The van der Waals surface area contributed by atoms with Gasteiger partial charge in [-0.25, -0.2) is 8.42 Å². The zero-order valence-corrected chi connectivity index (χ0v) is 17.8. The van der Waals surface area contributed by atoms with E-state index in [-0.39, 0.29) is 10.8 Å². The Morgan fingerprint density at radius 2 is 1.82 bits per heavy atom. The lowest BCUT2D eigenvalue weighted by Gasteiger charge is -2.10.